The minimum atomic E-state index is -0.342. The molecule has 0 radical (unpaired) electrons. The first-order chi connectivity index (χ1) is 8.31. The van der Waals surface area contributed by atoms with Gasteiger partial charge in [0.2, 0.25) is 0 Å². The Morgan fingerprint density at radius 2 is 2.24 bits per heavy atom. The molecule has 1 atom stereocenters. The average Bonchev–Trinajstić information content (AvgIpc) is 2.27. The van der Waals surface area contributed by atoms with Crippen LogP contribution in [0.3, 0.4) is 0 Å². The third kappa shape index (κ3) is 3.30. The Bertz CT molecular complexity index is 345. The zero-order valence-corrected chi connectivity index (χ0v) is 10.6. The predicted molar refractivity (Wildman–Crippen MR) is 69.1 cm³/mol. The first kappa shape index (κ1) is 12.6. The van der Waals surface area contributed by atoms with Crippen LogP contribution in [0.2, 0.25) is 0 Å². The number of rotatable bonds is 6. The Morgan fingerprint density at radius 3 is 2.88 bits per heavy atom. The number of aliphatic hydroxyl groups is 1. The average molecular weight is 234 g/mol. The fourth-order valence-electron chi connectivity index (χ4n) is 2.35. The number of hydrogen-bond donors (Lipinski definition) is 1. The second-order valence-electron chi connectivity index (χ2n) is 4.95. The minimum Gasteiger partial charge on any atom is -0.388 e. The molecule has 2 nitrogen and oxygen atoms in total. The van der Waals surface area contributed by atoms with E-state index < -0.39 is 0 Å². The van der Waals surface area contributed by atoms with Gasteiger partial charge in [-0.3, -0.25) is 0 Å². The lowest BCUT2D eigenvalue weighted by Crippen LogP contribution is -2.09. The van der Waals surface area contributed by atoms with E-state index in [9.17, 15) is 5.11 Å². The van der Waals surface area contributed by atoms with Crippen molar-refractivity contribution in [3.63, 3.8) is 0 Å². The molecular formula is C15H22O2. The number of aliphatic hydroxyl groups excluding tert-OH is 1. The standard InChI is InChI=1S/C15H22O2/c1-17-10-4-9-15(16)14-8-3-7-13(11-14)12-5-2-6-12/h3,7-8,11-12,15-16H,2,4-6,9-10H2,1H3. The van der Waals surface area contributed by atoms with E-state index in [2.05, 4.69) is 18.2 Å². The summed E-state index contributed by atoms with van der Waals surface area (Å²) < 4.78 is 5.01. The van der Waals surface area contributed by atoms with Crippen molar-refractivity contribution in [2.75, 3.05) is 13.7 Å². The first-order valence-electron chi connectivity index (χ1n) is 6.58. The van der Waals surface area contributed by atoms with Crippen molar-refractivity contribution in [3.8, 4) is 0 Å². The van der Waals surface area contributed by atoms with Crippen molar-refractivity contribution in [2.45, 2.75) is 44.1 Å². The van der Waals surface area contributed by atoms with Crippen LogP contribution in [0.1, 0.15) is 55.3 Å². The number of methoxy groups -OCH3 is 1. The highest BCUT2D eigenvalue weighted by Gasteiger charge is 2.20. The quantitative estimate of drug-likeness (QED) is 0.764. The van der Waals surface area contributed by atoms with Crippen LogP contribution in [0.5, 0.6) is 0 Å². The second-order valence-corrected chi connectivity index (χ2v) is 4.95. The molecule has 0 heterocycles. The lowest BCUT2D eigenvalue weighted by molar-refractivity contribution is 0.136. The maximum atomic E-state index is 10.1. The Hall–Kier alpha value is -0.860. The topological polar surface area (TPSA) is 29.5 Å². The molecule has 0 aliphatic heterocycles. The van der Waals surface area contributed by atoms with Gasteiger partial charge in [0.05, 0.1) is 6.10 Å². The fourth-order valence-corrected chi connectivity index (χ4v) is 2.35. The van der Waals surface area contributed by atoms with E-state index in [-0.39, 0.29) is 6.10 Å². The molecule has 1 unspecified atom stereocenters. The highest BCUT2D eigenvalue weighted by molar-refractivity contribution is 5.28. The smallest absolute Gasteiger partial charge is 0.0791 e. The van der Waals surface area contributed by atoms with Gasteiger partial charge >= 0.3 is 0 Å². The highest BCUT2D eigenvalue weighted by Crippen LogP contribution is 2.37. The number of hydrogen-bond acceptors (Lipinski definition) is 2. The molecule has 1 saturated carbocycles. The molecule has 0 saturated heterocycles. The molecule has 0 aromatic heterocycles. The van der Waals surface area contributed by atoms with Crippen LogP contribution >= 0.6 is 0 Å². The summed E-state index contributed by atoms with van der Waals surface area (Å²) in [6.45, 7) is 0.722. The van der Waals surface area contributed by atoms with Gasteiger partial charge in [-0.15, -0.1) is 0 Å². The van der Waals surface area contributed by atoms with E-state index in [4.69, 9.17) is 4.74 Å². The van der Waals surface area contributed by atoms with E-state index in [1.807, 2.05) is 6.07 Å². The first-order valence-corrected chi connectivity index (χ1v) is 6.58. The summed E-state index contributed by atoms with van der Waals surface area (Å²) in [7, 11) is 1.70. The molecule has 0 bridgehead atoms. The van der Waals surface area contributed by atoms with Crippen molar-refractivity contribution in [1.82, 2.24) is 0 Å². The fraction of sp³-hybridized carbons (Fsp3) is 0.600. The van der Waals surface area contributed by atoms with E-state index in [1.54, 1.807) is 7.11 Å². The Labute approximate surface area is 104 Å². The third-order valence-corrected chi connectivity index (χ3v) is 3.70. The monoisotopic (exact) mass is 234 g/mol. The summed E-state index contributed by atoms with van der Waals surface area (Å²) in [6, 6.07) is 8.47. The molecular weight excluding hydrogens is 212 g/mol. The molecule has 1 aliphatic carbocycles. The Morgan fingerprint density at radius 1 is 1.41 bits per heavy atom. The van der Waals surface area contributed by atoms with Gasteiger partial charge < -0.3 is 9.84 Å². The Kier molecular flexibility index (Phi) is 4.57. The molecule has 1 aliphatic rings. The molecule has 1 fully saturated rings. The minimum absolute atomic E-state index is 0.342. The van der Waals surface area contributed by atoms with E-state index in [0.29, 0.717) is 0 Å². The van der Waals surface area contributed by atoms with E-state index >= 15 is 0 Å². The van der Waals surface area contributed by atoms with Crippen molar-refractivity contribution in [3.05, 3.63) is 35.4 Å². The van der Waals surface area contributed by atoms with Crippen molar-refractivity contribution in [1.29, 1.82) is 0 Å². The van der Waals surface area contributed by atoms with Crippen LogP contribution in [0, 0.1) is 0 Å². The molecule has 0 amide bonds. The van der Waals surface area contributed by atoms with Crippen molar-refractivity contribution >= 4 is 0 Å². The van der Waals surface area contributed by atoms with E-state index in [0.717, 1.165) is 30.9 Å². The molecule has 2 heteroatoms. The maximum Gasteiger partial charge on any atom is 0.0791 e. The van der Waals surface area contributed by atoms with Crippen LogP contribution < -0.4 is 0 Å². The molecule has 94 valence electrons. The second kappa shape index (κ2) is 6.18. The number of ether oxygens (including phenoxy) is 1. The highest BCUT2D eigenvalue weighted by atomic mass is 16.5. The van der Waals surface area contributed by atoms with Gasteiger partial charge in [-0.25, -0.2) is 0 Å². The van der Waals surface area contributed by atoms with Crippen molar-refractivity contribution in [2.24, 2.45) is 0 Å². The summed E-state index contributed by atoms with van der Waals surface area (Å²) in [6.07, 6.45) is 5.32. The van der Waals surface area contributed by atoms with Gasteiger partial charge in [-0.05, 0) is 42.7 Å². The molecule has 0 spiro atoms. The summed E-state index contributed by atoms with van der Waals surface area (Å²) in [5.41, 5.74) is 2.46. The SMILES string of the molecule is COCCCC(O)c1cccc(C2CCC2)c1. The molecule has 1 aromatic rings. The van der Waals surface area contributed by atoms with Crippen LogP contribution in [-0.2, 0) is 4.74 Å². The van der Waals surface area contributed by atoms with Crippen LogP contribution in [-0.4, -0.2) is 18.8 Å². The van der Waals surface area contributed by atoms with Gasteiger partial charge in [0.15, 0.2) is 0 Å². The normalized spacial score (nSPS) is 17.8. The van der Waals surface area contributed by atoms with Crippen LogP contribution in [0.15, 0.2) is 24.3 Å². The summed E-state index contributed by atoms with van der Waals surface area (Å²) in [4.78, 5) is 0. The van der Waals surface area contributed by atoms with Crippen LogP contribution in [0.4, 0.5) is 0 Å². The molecule has 1 N–H and O–H groups in total. The molecule has 17 heavy (non-hydrogen) atoms. The zero-order valence-electron chi connectivity index (χ0n) is 10.6. The Balaban J connectivity index is 1.94. The predicted octanol–water partition coefficient (Wildman–Crippen LogP) is 3.41. The molecule has 1 aromatic carbocycles. The summed E-state index contributed by atoms with van der Waals surface area (Å²) in [5, 5.41) is 10.1. The van der Waals surface area contributed by atoms with Gasteiger partial charge in [0.25, 0.3) is 0 Å². The number of benzene rings is 1. The van der Waals surface area contributed by atoms with Crippen molar-refractivity contribution < 1.29 is 9.84 Å². The zero-order chi connectivity index (χ0) is 12.1. The summed E-state index contributed by atoms with van der Waals surface area (Å²) >= 11 is 0. The maximum absolute atomic E-state index is 10.1. The van der Waals surface area contributed by atoms with Gasteiger partial charge in [0.1, 0.15) is 0 Å². The third-order valence-electron chi connectivity index (χ3n) is 3.70. The van der Waals surface area contributed by atoms with Gasteiger partial charge in [0, 0.05) is 13.7 Å². The van der Waals surface area contributed by atoms with Gasteiger partial charge in [-0.1, -0.05) is 30.7 Å². The van der Waals surface area contributed by atoms with E-state index in [1.165, 1.54) is 24.8 Å². The lowest BCUT2D eigenvalue weighted by Gasteiger charge is -2.26. The van der Waals surface area contributed by atoms with Gasteiger partial charge in [-0.2, -0.15) is 0 Å². The lowest BCUT2D eigenvalue weighted by atomic mass is 9.79. The summed E-state index contributed by atoms with van der Waals surface area (Å²) in [5.74, 6) is 0.737. The molecule has 2 rings (SSSR count). The largest absolute Gasteiger partial charge is 0.388 e. The van der Waals surface area contributed by atoms with Crippen LogP contribution in [0.25, 0.3) is 0 Å².